The molecular formula is C19H21N5O2. The van der Waals surface area contributed by atoms with Crippen molar-refractivity contribution in [2.24, 2.45) is 0 Å². The molecule has 2 aromatic heterocycles. The number of para-hydroxylation sites is 1. The van der Waals surface area contributed by atoms with Crippen LogP contribution in [0, 0.1) is 0 Å². The Bertz CT molecular complexity index is 921. The van der Waals surface area contributed by atoms with Crippen molar-refractivity contribution in [2.45, 2.75) is 31.0 Å². The number of hydrogen-bond donors (Lipinski definition) is 3. The Morgan fingerprint density at radius 1 is 1.23 bits per heavy atom. The van der Waals surface area contributed by atoms with Crippen molar-refractivity contribution in [2.75, 3.05) is 13.2 Å². The van der Waals surface area contributed by atoms with Crippen LogP contribution in [-0.4, -0.2) is 52.0 Å². The molecule has 7 heteroatoms. The first-order valence-electron chi connectivity index (χ1n) is 9.02. The van der Waals surface area contributed by atoms with Crippen LogP contribution in [0.5, 0.6) is 0 Å². The molecule has 1 amide bonds. The fourth-order valence-electron chi connectivity index (χ4n) is 4.17. The number of aromatic amines is 1. The molecule has 3 atom stereocenters. The fraction of sp³-hybridized carbons (Fsp3) is 0.368. The molecule has 2 aliphatic rings. The lowest BCUT2D eigenvalue weighted by Gasteiger charge is -2.40. The van der Waals surface area contributed by atoms with Crippen LogP contribution in [0.4, 0.5) is 0 Å². The second-order valence-corrected chi connectivity index (χ2v) is 7.13. The van der Waals surface area contributed by atoms with Crippen LogP contribution >= 0.6 is 0 Å². The van der Waals surface area contributed by atoms with Gasteiger partial charge >= 0.3 is 0 Å². The molecule has 2 aliphatic heterocycles. The number of morpholine rings is 1. The predicted octanol–water partition coefficient (Wildman–Crippen LogP) is 1.60. The molecule has 0 saturated carbocycles. The summed E-state index contributed by atoms with van der Waals surface area (Å²) in [7, 11) is 0. The summed E-state index contributed by atoms with van der Waals surface area (Å²) in [4.78, 5) is 13.0. The van der Waals surface area contributed by atoms with E-state index in [1.807, 2.05) is 41.2 Å². The quantitative estimate of drug-likeness (QED) is 0.669. The smallest absolute Gasteiger partial charge is 0.253 e. The maximum absolute atomic E-state index is 13.0. The van der Waals surface area contributed by atoms with Crippen molar-refractivity contribution in [3.05, 3.63) is 48.4 Å². The van der Waals surface area contributed by atoms with E-state index in [-0.39, 0.29) is 11.9 Å². The first kappa shape index (κ1) is 15.6. The van der Waals surface area contributed by atoms with Crippen LogP contribution in [-0.2, 0) is 4.74 Å². The van der Waals surface area contributed by atoms with Gasteiger partial charge in [-0.25, -0.2) is 0 Å². The molecule has 2 fully saturated rings. The second kappa shape index (κ2) is 6.26. The molecule has 5 rings (SSSR count). The maximum Gasteiger partial charge on any atom is 0.253 e. The number of amides is 1. The zero-order valence-electron chi connectivity index (χ0n) is 14.3. The molecule has 3 N–H and O–H groups in total. The largest absolute Gasteiger partial charge is 0.378 e. The Hall–Kier alpha value is -2.64. The summed E-state index contributed by atoms with van der Waals surface area (Å²) in [6, 6.07) is 8.80. The number of carbonyl (C=O) groups excluding carboxylic acids is 1. The van der Waals surface area contributed by atoms with Gasteiger partial charge in [-0.15, -0.1) is 0 Å². The fourth-order valence-corrected chi connectivity index (χ4v) is 4.17. The van der Waals surface area contributed by atoms with Gasteiger partial charge in [-0.1, -0.05) is 18.2 Å². The topological polar surface area (TPSA) is 84.0 Å². The number of nitrogens with zero attached hydrogens (tertiary/aromatic N) is 2. The van der Waals surface area contributed by atoms with Crippen LogP contribution in [0.3, 0.4) is 0 Å². The second-order valence-electron chi connectivity index (χ2n) is 7.13. The Balaban J connectivity index is 1.44. The van der Waals surface area contributed by atoms with Crippen molar-refractivity contribution < 1.29 is 9.53 Å². The van der Waals surface area contributed by atoms with E-state index in [1.54, 1.807) is 6.20 Å². The van der Waals surface area contributed by atoms with Gasteiger partial charge in [0.1, 0.15) is 0 Å². The van der Waals surface area contributed by atoms with Crippen molar-refractivity contribution >= 4 is 16.8 Å². The molecule has 4 heterocycles. The molecule has 3 aromatic rings. The average molecular weight is 351 g/mol. The van der Waals surface area contributed by atoms with E-state index in [9.17, 15) is 4.79 Å². The minimum absolute atomic E-state index is 0.0191. The third-order valence-electron chi connectivity index (χ3n) is 5.30. The van der Waals surface area contributed by atoms with Gasteiger partial charge in [0.05, 0.1) is 36.2 Å². The van der Waals surface area contributed by atoms with E-state index in [1.165, 1.54) is 0 Å². The zero-order chi connectivity index (χ0) is 17.5. The summed E-state index contributed by atoms with van der Waals surface area (Å²) in [6.07, 6.45) is 7.28. The van der Waals surface area contributed by atoms with Gasteiger partial charge in [0.25, 0.3) is 5.91 Å². The third kappa shape index (κ3) is 2.69. The molecule has 2 bridgehead atoms. The molecule has 2 saturated heterocycles. The molecule has 134 valence electrons. The minimum atomic E-state index is -0.0191. The number of ether oxygens (including phenoxy) is 1. The van der Waals surface area contributed by atoms with Gasteiger partial charge < -0.3 is 19.9 Å². The summed E-state index contributed by atoms with van der Waals surface area (Å²) in [6.45, 7) is 1.45. The van der Waals surface area contributed by atoms with Crippen molar-refractivity contribution in [1.82, 2.24) is 25.4 Å². The highest BCUT2D eigenvalue weighted by Crippen LogP contribution is 2.25. The van der Waals surface area contributed by atoms with E-state index in [0.717, 1.165) is 42.6 Å². The molecule has 0 spiro atoms. The number of aromatic nitrogens is 3. The third-order valence-corrected chi connectivity index (χ3v) is 5.30. The van der Waals surface area contributed by atoms with Crippen LogP contribution in [0.15, 0.2) is 42.9 Å². The minimum Gasteiger partial charge on any atom is -0.378 e. The summed E-state index contributed by atoms with van der Waals surface area (Å²) in [5.74, 6) is -0.0191. The standard InChI is InChI=1S/C19H21N5O2/c25-19(23-12-5-13-10-26-11-14(6-12)22-13)17-9-24(15-7-20-21-8-15)18-4-2-1-3-16(17)18/h1-4,7-9,12-14,22H,5-6,10-11H2,(H,20,21)(H,23,25)/t12?,13-,14+. The molecule has 0 radical (unpaired) electrons. The lowest BCUT2D eigenvalue weighted by molar-refractivity contribution is 0.0148. The van der Waals surface area contributed by atoms with Gasteiger partial charge in [-0.05, 0) is 18.9 Å². The van der Waals surface area contributed by atoms with Crippen molar-refractivity contribution in [3.8, 4) is 5.69 Å². The number of rotatable bonds is 3. The number of nitrogens with one attached hydrogen (secondary N) is 3. The Morgan fingerprint density at radius 2 is 2.04 bits per heavy atom. The number of carbonyl (C=O) groups is 1. The molecular weight excluding hydrogens is 330 g/mol. The zero-order valence-corrected chi connectivity index (χ0v) is 14.3. The Morgan fingerprint density at radius 3 is 2.81 bits per heavy atom. The van der Waals surface area contributed by atoms with E-state index in [0.29, 0.717) is 17.6 Å². The average Bonchev–Trinajstić information content (AvgIpc) is 3.29. The van der Waals surface area contributed by atoms with Gasteiger partial charge in [0, 0.05) is 35.9 Å². The van der Waals surface area contributed by atoms with Crippen LogP contribution in [0.25, 0.3) is 16.6 Å². The number of benzene rings is 1. The van der Waals surface area contributed by atoms with E-state index in [4.69, 9.17) is 4.74 Å². The van der Waals surface area contributed by atoms with Crippen molar-refractivity contribution in [3.63, 3.8) is 0 Å². The number of H-pyrrole nitrogens is 1. The van der Waals surface area contributed by atoms with Crippen LogP contribution in [0.1, 0.15) is 23.2 Å². The van der Waals surface area contributed by atoms with Gasteiger partial charge in [0.2, 0.25) is 0 Å². The Kier molecular flexibility index (Phi) is 3.76. The molecule has 0 aliphatic carbocycles. The number of hydrogen-bond acceptors (Lipinski definition) is 4. The van der Waals surface area contributed by atoms with Crippen LogP contribution in [0.2, 0.25) is 0 Å². The summed E-state index contributed by atoms with van der Waals surface area (Å²) in [5.41, 5.74) is 2.60. The van der Waals surface area contributed by atoms with E-state index in [2.05, 4.69) is 20.8 Å². The SMILES string of the molecule is O=C(NC1C[C@H]2COC[C@@H](C1)N2)c1cn(-c2cn[nH]c2)c2ccccc12. The Labute approximate surface area is 150 Å². The van der Waals surface area contributed by atoms with Gasteiger partial charge in [-0.3, -0.25) is 9.89 Å². The first-order chi connectivity index (χ1) is 12.8. The monoisotopic (exact) mass is 351 g/mol. The number of fused-ring (bicyclic) bond motifs is 3. The van der Waals surface area contributed by atoms with Gasteiger partial charge in [-0.2, -0.15) is 5.10 Å². The lowest BCUT2D eigenvalue weighted by Crippen LogP contribution is -2.58. The highest BCUT2D eigenvalue weighted by Gasteiger charge is 2.33. The van der Waals surface area contributed by atoms with E-state index >= 15 is 0 Å². The molecule has 1 unspecified atom stereocenters. The maximum atomic E-state index is 13.0. The van der Waals surface area contributed by atoms with E-state index < -0.39 is 0 Å². The number of piperidine rings is 1. The predicted molar refractivity (Wildman–Crippen MR) is 97.4 cm³/mol. The summed E-state index contributed by atoms with van der Waals surface area (Å²) < 4.78 is 7.59. The van der Waals surface area contributed by atoms with Crippen molar-refractivity contribution in [1.29, 1.82) is 0 Å². The highest BCUT2D eigenvalue weighted by molar-refractivity contribution is 6.07. The summed E-state index contributed by atoms with van der Waals surface area (Å²) in [5, 5.41) is 14.6. The van der Waals surface area contributed by atoms with Crippen LogP contribution < -0.4 is 10.6 Å². The molecule has 26 heavy (non-hydrogen) atoms. The normalized spacial score (nSPS) is 25.3. The molecule has 1 aromatic carbocycles. The highest BCUT2D eigenvalue weighted by atomic mass is 16.5. The lowest BCUT2D eigenvalue weighted by atomic mass is 9.92. The molecule has 7 nitrogen and oxygen atoms in total. The first-order valence-corrected chi connectivity index (χ1v) is 9.02. The summed E-state index contributed by atoms with van der Waals surface area (Å²) >= 11 is 0. The van der Waals surface area contributed by atoms with Gasteiger partial charge in [0.15, 0.2) is 0 Å².